The number of carbonyl (C=O) groups is 1. The zero-order valence-electron chi connectivity index (χ0n) is 10.8. The molecule has 0 N–H and O–H groups in total. The van der Waals surface area contributed by atoms with E-state index in [2.05, 4.69) is 4.98 Å². The Labute approximate surface area is 121 Å². The van der Waals surface area contributed by atoms with E-state index in [4.69, 9.17) is 0 Å². The van der Waals surface area contributed by atoms with Gasteiger partial charge in [0.2, 0.25) is 0 Å². The Balaban J connectivity index is 1.75. The number of aromatic nitrogens is 1. The van der Waals surface area contributed by atoms with Crippen LogP contribution in [0.15, 0.2) is 71.8 Å². The second-order valence-electron chi connectivity index (χ2n) is 4.44. The quantitative estimate of drug-likeness (QED) is 0.529. The van der Waals surface area contributed by atoms with E-state index >= 15 is 0 Å². The third-order valence-electron chi connectivity index (χ3n) is 3.04. The van der Waals surface area contributed by atoms with Gasteiger partial charge in [-0.05, 0) is 24.3 Å². The first-order chi connectivity index (χ1) is 9.83. The summed E-state index contributed by atoms with van der Waals surface area (Å²) in [5, 5.41) is 1.06. The average Bonchev–Trinajstić information content (AvgIpc) is 2.53. The van der Waals surface area contributed by atoms with E-state index in [1.54, 1.807) is 18.0 Å². The molecule has 1 aromatic heterocycles. The lowest BCUT2D eigenvalue weighted by Crippen LogP contribution is -2.02. The zero-order chi connectivity index (χ0) is 13.8. The van der Waals surface area contributed by atoms with Crippen LogP contribution in [0.2, 0.25) is 0 Å². The highest BCUT2D eigenvalue weighted by atomic mass is 32.2. The van der Waals surface area contributed by atoms with Gasteiger partial charge in [-0.3, -0.25) is 9.78 Å². The van der Waals surface area contributed by atoms with Crippen molar-refractivity contribution in [3.63, 3.8) is 0 Å². The van der Waals surface area contributed by atoms with E-state index in [0.29, 0.717) is 5.75 Å². The molecule has 0 fully saturated rings. The molecule has 0 aliphatic rings. The molecule has 0 saturated carbocycles. The number of hydrogen-bond donors (Lipinski definition) is 0. The summed E-state index contributed by atoms with van der Waals surface area (Å²) in [4.78, 5) is 17.6. The minimum atomic E-state index is 0.131. The fourth-order valence-corrected chi connectivity index (χ4v) is 2.80. The number of carbonyl (C=O) groups excluding carboxylic acids is 1. The monoisotopic (exact) mass is 279 g/mol. The highest BCUT2D eigenvalue weighted by Gasteiger charge is 2.07. The van der Waals surface area contributed by atoms with Gasteiger partial charge in [0.05, 0.1) is 11.3 Å². The third-order valence-corrected chi connectivity index (χ3v) is 4.05. The smallest absolute Gasteiger partial charge is 0.173 e. The predicted octanol–water partition coefficient (Wildman–Crippen LogP) is 4.21. The Bertz CT molecular complexity index is 740. The predicted molar refractivity (Wildman–Crippen MR) is 83.2 cm³/mol. The maximum Gasteiger partial charge on any atom is 0.173 e. The molecule has 3 aromatic rings. The van der Waals surface area contributed by atoms with Crippen molar-refractivity contribution in [3.05, 3.63) is 72.4 Å². The number of benzene rings is 2. The molecule has 2 aromatic carbocycles. The van der Waals surface area contributed by atoms with Gasteiger partial charge < -0.3 is 0 Å². The highest BCUT2D eigenvalue weighted by Crippen LogP contribution is 2.20. The molecule has 2 nitrogen and oxygen atoms in total. The molecule has 0 saturated heterocycles. The molecule has 0 aliphatic heterocycles. The van der Waals surface area contributed by atoms with Crippen LogP contribution in [-0.4, -0.2) is 16.5 Å². The number of ketones is 1. The number of hydrogen-bond acceptors (Lipinski definition) is 3. The Hall–Kier alpha value is -2.13. The number of nitrogens with zero attached hydrogens (tertiary/aromatic N) is 1. The van der Waals surface area contributed by atoms with Gasteiger partial charge in [0.25, 0.3) is 0 Å². The van der Waals surface area contributed by atoms with Crippen molar-refractivity contribution in [2.24, 2.45) is 0 Å². The first-order valence-corrected chi connectivity index (χ1v) is 7.37. The minimum Gasteiger partial charge on any atom is -0.293 e. The lowest BCUT2D eigenvalue weighted by atomic mass is 10.1. The molecule has 3 heteroatoms. The van der Waals surface area contributed by atoms with Crippen molar-refractivity contribution in [1.29, 1.82) is 0 Å². The fraction of sp³-hybridized carbons (Fsp3) is 0.0588. The normalized spacial score (nSPS) is 10.6. The van der Waals surface area contributed by atoms with Crippen LogP contribution < -0.4 is 0 Å². The molecule has 98 valence electrons. The molecule has 0 aliphatic carbocycles. The van der Waals surface area contributed by atoms with Gasteiger partial charge in [0.1, 0.15) is 0 Å². The molecule has 3 rings (SSSR count). The van der Waals surface area contributed by atoms with Gasteiger partial charge in [-0.2, -0.15) is 0 Å². The largest absolute Gasteiger partial charge is 0.293 e. The first-order valence-electron chi connectivity index (χ1n) is 6.39. The second kappa shape index (κ2) is 5.88. The summed E-state index contributed by atoms with van der Waals surface area (Å²) in [6.45, 7) is 0. The van der Waals surface area contributed by atoms with Gasteiger partial charge in [-0.15, -0.1) is 11.8 Å². The Morgan fingerprint density at radius 2 is 1.85 bits per heavy atom. The Morgan fingerprint density at radius 1 is 1.00 bits per heavy atom. The van der Waals surface area contributed by atoms with Crippen molar-refractivity contribution in [3.8, 4) is 0 Å². The van der Waals surface area contributed by atoms with Crippen LogP contribution in [0, 0.1) is 0 Å². The van der Waals surface area contributed by atoms with E-state index in [-0.39, 0.29) is 5.78 Å². The van der Waals surface area contributed by atoms with Crippen LogP contribution >= 0.6 is 11.8 Å². The molecule has 0 radical (unpaired) electrons. The molecule has 0 atom stereocenters. The summed E-state index contributed by atoms with van der Waals surface area (Å²) in [5.74, 6) is 0.578. The molecular formula is C17H13NOS. The second-order valence-corrected chi connectivity index (χ2v) is 5.48. The lowest BCUT2D eigenvalue weighted by molar-refractivity contribution is 0.102. The lowest BCUT2D eigenvalue weighted by Gasteiger charge is -2.03. The van der Waals surface area contributed by atoms with E-state index < -0.39 is 0 Å². The summed E-state index contributed by atoms with van der Waals surface area (Å²) in [6, 6.07) is 19.5. The van der Waals surface area contributed by atoms with Gasteiger partial charge >= 0.3 is 0 Å². The number of rotatable bonds is 4. The summed E-state index contributed by atoms with van der Waals surface area (Å²) in [5.41, 5.74) is 1.59. The maximum atomic E-state index is 12.2. The number of Topliss-reactive ketones (excluding diaryl/α,β-unsaturated/α-hetero) is 1. The number of fused-ring (bicyclic) bond motifs is 1. The van der Waals surface area contributed by atoms with E-state index in [9.17, 15) is 4.79 Å². The van der Waals surface area contributed by atoms with Crippen molar-refractivity contribution in [2.45, 2.75) is 4.90 Å². The van der Waals surface area contributed by atoms with Crippen LogP contribution in [0.4, 0.5) is 0 Å². The van der Waals surface area contributed by atoms with Crippen molar-refractivity contribution < 1.29 is 4.79 Å². The fourth-order valence-electron chi connectivity index (χ4n) is 1.99. The van der Waals surface area contributed by atoms with Gasteiger partial charge in [0, 0.05) is 22.0 Å². The van der Waals surface area contributed by atoms with Crippen molar-refractivity contribution >= 4 is 28.4 Å². The topological polar surface area (TPSA) is 30.0 Å². The van der Waals surface area contributed by atoms with Crippen molar-refractivity contribution in [1.82, 2.24) is 4.98 Å². The molecule has 0 unspecified atom stereocenters. The first kappa shape index (κ1) is 12.9. The average molecular weight is 279 g/mol. The summed E-state index contributed by atoms with van der Waals surface area (Å²) in [6.07, 6.45) is 1.75. The Kier molecular flexibility index (Phi) is 3.79. The summed E-state index contributed by atoms with van der Waals surface area (Å²) >= 11 is 1.56. The van der Waals surface area contributed by atoms with E-state index in [1.807, 2.05) is 60.7 Å². The molecular weight excluding hydrogens is 266 g/mol. The van der Waals surface area contributed by atoms with Gasteiger partial charge in [0.15, 0.2) is 5.78 Å². The van der Waals surface area contributed by atoms with Crippen LogP contribution in [0.5, 0.6) is 0 Å². The molecule has 0 amide bonds. The van der Waals surface area contributed by atoms with Gasteiger partial charge in [-0.25, -0.2) is 0 Å². The van der Waals surface area contributed by atoms with Crippen LogP contribution in [-0.2, 0) is 0 Å². The van der Waals surface area contributed by atoms with Crippen LogP contribution in [0.25, 0.3) is 10.9 Å². The summed E-state index contributed by atoms with van der Waals surface area (Å²) < 4.78 is 0. The Morgan fingerprint density at radius 3 is 2.70 bits per heavy atom. The minimum absolute atomic E-state index is 0.131. The third kappa shape index (κ3) is 2.89. The molecule has 0 bridgehead atoms. The standard InChI is InChI=1S/C17H13NOS/c19-17(12-20-15-6-2-1-3-7-15)14-9-8-13-5-4-10-18-16(13)11-14/h1-11H,12H2. The highest BCUT2D eigenvalue weighted by molar-refractivity contribution is 8.00. The van der Waals surface area contributed by atoms with E-state index in [1.165, 1.54) is 0 Å². The van der Waals surface area contributed by atoms with Crippen LogP contribution in [0.3, 0.4) is 0 Å². The zero-order valence-corrected chi connectivity index (χ0v) is 11.6. The van der Waals surface area contributed by atoms with Crippen molar-refractivity contribution in [2.75, 3.05) is 5.75 Å². The SMILES string of the molecule is O=C(CSc1ccccc1)c1ccc2cccnc2c1. The maximum absolute atomic E-state index is 12.2. The van der Waals surface area contributed by atoms with Gasteiger partial charge in [-0.1, -0.05) is 36.4 Å². The number of thioether (sulfide) groups is 1. The van der Waals surface area contributed by atoms with Crippen LogP contribution in [0.1, 0.15) is 10.4 Å². The summed E-state index contributed by atoms with van der Waals surface area (Å²) in [7, 11) is 0. The number of pyridine rings is 1. The molecule has 1 heterocycles. The van der Waals surface area contributed by atoms with E-state index in [0.717, 1.165) is 21.4 Å². The molecule has 0 spiro atoms. The molecule has 20 heavy (non-hydrogen) atoms.